The number of para-hydroxylation sites is 1. The highest BCUT2D eigenvalue weighted by Gasteiger charge is 2.06. The van der Waals surface area contributed by atoms with Gasteiger partial charge in [0.05, 0.1) is 29.8 Å². The Labute approximate surface area is 122 Å². The number of hydrogen-bond donors (Lipinski definition) is 2. The molecule has 0 radical (unpaired) electrons. The summed E-state index contributed by atoms with van der Waals surface area (Å²) < 4.78 is 15.2. The molecule has 0 aliphatic heterocycles. The first-order valence-corrected chi connectivity index (χ1v) is 6.60. The standard InChI is InChI=1S/C16H15FN4/c17-14-7-4-8-15(16(14)18)20-13-9-19-21(11-13)10-12-5-2-1-3-6-12/h1-9,11,20H,10,18H2. The van der Waals surface area contributed by atoms with E-state index in [0.29, 0.717) is 12.2 Å². The van der Waals surface area contributed by atoms with Gasteiger partial charge in [-0.2, -0.15) is 5.10 Å². The molecule has 1 heterocycles. The Bertz CT molecular complexity index is 737. The molecule has 2 aromatic carbocycles. The molecule has 3 rings (SSSR count). The molecule has 0 bridgehead atoms. The average molecular weight is 282 g/mol. The van der Waals surface area contributed by atoms with Gasteiger partial charge in [0.15, 0.2) is 0 Å². The minimum absolute atomic E-state index is 0.105. The minimum atomic E-state index is -0.434. The van der Waals surface area contributed by atoms with Gasteiger partial charge in [0.1, 0.15) is 5.82 Å². The first-order valence-electron chi connectivity index (χ1n) is 6.60. The Balaban J connectivity index is 1.75. The van der Waals surface area contributed by atoms with E-state index in [1.165, 1.54) is 6.07 Å². The monoisotopic (exact) mass is 282 g/mol. The van der Waals surface area contributed by atoms with Gasteiger partial charge in [0, 0.05) is 6.20 Å². The van der Waals surface area contributed by atoms with Gasteiger partial charge in [-0.1, -0.05) is 36.4 Å². The van der Waals surface area contributed by atoms with Crippen molar-refractivity contribution in [1.82, 2.24) is 9.78 Å². The lowest BCUT2D eigenvalue weighted by Crippen LogP contribution is -2.00. The fraction of sp³-hybridized carbons (Fsp3) is 0.0625. The van der Waals surface area contributed by atoms with Crippen LogP contribution in [0.1, 0.15) is 5.56 Å². The summed E-state index contributed by atoms with van der Waals surface area (Å²) in [4.78, 5) is 0. The molecule has 0 unspecified atom stereocenters. The summed E-state index contributed by atoms with van der Waals surface area (Å²) in [5.74, 6) is -0.434. The molecule has 0 aliphatic rings. The third kappa shape index (κ3) is 3.02. The number of nitrogens with two attached hydrogens (primary N) is 1. The predicted octanol–water partition coefficient (Wildman–Crippen LogP) is 3.40. The second-order valence-electron chi connectivity index (χ2n) is 4.74. The lowest BCUT2D eigenvalue weighted by atomic mass is 10.2. The predicted molar refractivity (Wildman–Crippen MR) is 81.9 cm³/mol. The van der Waals surface area contributed by atoms with Gasteiger partial charge >= 0.3 is 0 Å². The van der Waals surface area contributed by atoms with Crippen LogP contribution in [0.15, 0.2) is 60.9 Å². The minimum Gasteiger partial charge on any atom is -0.395 e. The quantitative estimate of drug-likeness (QED) is 0.721. The second kappa shape index (κ2) is 5.66. The van der Waals surface area contributed by atoms with Crippen molar-refractivity contribution >= 4 is 17.1 Å². The van der Waals surface area contributed by atoms with E-state index in [2.05, 4.69) is 10.4 Å². The third-order valence-electron chi connectivity index (χ3n) is 3.15. The van der Waals surface area contributed by atoms with Crippen molar-refractivity contribution in [2.24, 2.45) is 0 Å². The Hall–Kier alpha value is -2.82. The highest BCUT2D eigenvalue weighted by Crippen LogP contribution is 2.24. The SMILES string of the molecule is Nc1c(F)cccc1Nc1cnn(Cc2ccccc2)c1. The van der Waals surface area contributed by atoms with Crippen LogP contribution in [0, 0.1) is 5.82 Å². The van der Waals surface area contributed by atoms with Crippen molar-refractivity contribution in [2.45, 2.75) is 6.54 Å². The molecule has 4 nitrogen and oxygen atoms in total. The molecular formula is C16H15FN4. The van der Waals surface area contributed by atoms with E-state index in [1.54, 1.807) is 18.3 Å². The normalized spacial score (nSPS) is 10.5. The van der Waals surface area contributed by atoms with Crippen LogP contribution in [0.2, 0.25) is 0 Å². The number of nitrogen functional groups attached to an aromatic ring is 1. The molecule has 3 aromatic rings. The fourth-order valence-electron chi connectivity index (χ4n) is 2.09. The molecule has 0 aliphatic carbocycles. The van der Waals surface area contributed by atoms with Gasteiger partial charge in [0.25, 0.3) is 0 Å². The number of benzene rings is 2. The van der Waals surface area contributed by atoms with Gasteiger partial charge in [-0.3, -0.25) is 4.68 Å². The van der Waals surface area contributed by atoms with Gasteiger partial charge in [0.2, 0.25) is 0 Å². The first-order chi connectivity index (χ1) is 10.2. The van der Waals surface area contributed by atoms with Gasteiger partial charge < -0.3 is 11.1 Å². The van der Waals surface area contributed by atoms with Crippen molar-refractivity contribution in [2.75, 3.05) is 11.1 Å². The maximum absolute atomic E-state index is 13.4. The van der Waals surface area contributed by atoms with Crippen LogP contribution in [-0.4, -0.2) is 9.78 Å². The number of aromatic nitrogens is 2. The zero-order valence-electron chi connectivity index (χ0n) is 11.3. The van der Waals surface area contributed by atoms with Crippen molar-refractivity contribution in [3.63, 3.8) is 0 Å². The maximum Gasteiger partial charge on any atom is 0.148 e. The summed E-state index contributed by atoms with van der Waals surface area (Å²) in [5.41, 5.74) is 8.27. The molecule has 0 atom stereocenters. The number of nitrogens with one attached hydrogen (secondary N) is 1. The smallest absolute Gasteiger partial charge is 0.148 e. The zero-order chi connectivity index (χ0) is 14.7. The van der Waals surface area contributed by atoms with E-state index in [1.807, 2.05) is 41.2 Å². The number of anilines is 3. The van der Waals surface area contributed by atoms with E-state index < -0.39 is 5.82 Å². The van der Waals surface area contributed by atoms with Crippen molar-refractivity contribution in [1.29, 1.82) is 0 Å². The maximum atomic E-state index is 13.4. The summed E-state index contributed by atoms with van der Waals surface area (Å²) in [6.45, 7) is 0.682. The second-order valence-corrected chi connectivity index (χ2v) is 4.74. The largest absolute Gasteiger partial charge is 0.395 e. The van der Waals surface area contributed by atoms with Crippen LogP contribution in [0.25, 0.3) is 0 Å². The number of halogens is 1. The Morgan fingerprint density at radius 1 is 1.10 bits per heavy atom. The topological polar surface area (TPSA) is 55.9 Å². The summed E-state index contributed by atoms with van der Waals surface area (Å²) in [5, 5.41) is 7.35. The molecule has 0 amide bonds. The van der Waals surface area contributed by atoms with E-state index in [4.69, 9.17) is 5.73 Å². The van der Waals surface area contributed by atoms with Crippen molar-refractivity contribution in [3.05, 3.63) is 72.3 Å². The lowest BCUT2D eigenvalue weighted by molar-refractivity contribution is 0.633. The summed E-state index contributed by atoms with van der Waals surface area (Å²) >= 11 is 0. The van der Waals surface area contributed by atoms with E-state index >= 15 is 0 Å². The highest BCUT2D eigenvalue weighted by atomic mass is 19.1. The summed E-state index contributed by atoms with van der Waals surface area (Å²) in [7, 11) is 0. The lowest BCUT2D eigenvalue weighted by Gasteiger charge is -2.07. The molecule has 5 heteroatoms. The molecular weight excluding hydrogens is 267 g/mol. The fourth-order valence-corrected chi connectivity index (χ4v) is 2.09. The van der Waals surface area contributed by atoms with Crippen molar-refractivity contribution < 1.29 is 4.39 Å². The van der Waals surface area contributed by atoms with Gasteiger partial charge in [-0.25, -0.2) is 4.39 Å². The van der Waals surface area contributed by atoms with Gasteiger partial charge in [-0.05, 0) is 17.7 Å². The van der Waals surface area contributed by atoms with E-state index in [-0.39, 0.29) is 5.69 Å². The molecule has 0 fully saturated rings. The van der Waals surface area contributed by atoms with Crippen LogP contribution in [-0.2, 0) is 6.54 Å². The average Bonchev–Trinajstić information content (AvgIpc) is 2.92. The van der Waals surface area contributed by atoms with Crippen LogP contribution in [0.4, 0.5) is 21.5 Å². The number of nitrogens with zero attached hydrogens (tertiary/aromatic N) is 2. The Morgan fingerprint density at radius 3 is 2.71 bits per heavy atom. The molecule has 0 saturated heterocycles. The van der Waals surface area contributed by atoms with Gasteiger partial charge in [-0.15, -0.1) is 0 Å². The van der Waals surface area contributed by atoms with Crippen LogP contribution in [0.5, 0.6) is 0 Å². The van der Waals surface area contributed by atoms with E-state index in [0.717, 1.165) is 11.3 Å². The molecule has 0 spiro atoms. The Kier molecular flexibility index (Phi) is 3.55. The number of hydrogen-bond acceptors (Lipinski definition) is 3. The summed E-state index contributed by atoms with van der Waals surface area (Å²) in [6, 6.07) is 14.7. The summed E-state index contributed by atoms with van der Waals surface area (Å²) in [6.07, 6.45) is 3.55. The van der Waals surface area contributed by atoms with Crippen molar-refractivity contribution in [3.8, 4) is 0 Å². The molecule has 21 heavy (non-hydrogen) atoms. The molecule has 0 saturated carbocycles. The molecule has 1 aromatic heterocycles. The molecule has 3 N–H and O–H groups in total. The van der Waals surface area contributed by atoms with Crippen LogP contribution in [0.3, 0.4) is 0 Å². The first kappa shape index (κ1) is 13.2. The Morgan fingerprint density at radius 2 is 1.90 bits per heavy atom. The zero-order valence-corrected chi connectivity index (χ0v) is 11.3. The van der Waals surface area contributed by atoms with Crippen LogP contribution < -0.4 is 11.1 Å². The van der Waals surface area contributed by atoms with E-state index in [9.17, 15) is 4.39 Å². The highest BCUT2D eigenvalue weighted by molar-refractivity contribution is 5.72. The molecule has 106 valence electrons. The number of rotatable bonds is 4. The third-order valence-corrected chi connectivity index (χ3v) is 3.15. The van der Waals surface area contributed by atoms with Crippen LogP contribution >= 0.6 is 0 Å².